The summed E-state index contributed by atoms with van der Waals surface area (Å²) >= 11 is 3.30. The molecule has 0 saturated heterocycles. The fourth-order valence-corrected chi connectivity index (χ4v) is 2.50. The third kappa shape index (κ3) is 4.32. The van der Waals surface area contributed by atoms with Crippen molar-refractivity contribution >= 4 is 33.4 Å². The molecule has 2 aromatic carbocycles. The Balaban J connectivity index is 2.02. The quantitative estimate of drug-likeness (QED) is 0.816. The van der Waals surface area contributed by atoms with Crippen LogP contribution in [-0.4, -0.2) is 25.0 Å². The van der Waals surface area contributed by atoms with Gasteiger partial charge in [-0.25, -0.2) is 4.39 Å². The Kier molecular flexibility index (Phi) is 5.92. The SMILES string of the molecule is COc1ccc(C(=O)NC(C)C(=O)Nc2ccccc2F)cc1Br. The number of methoxy groups -OCH3 is 1. The smallest absolute Gasteiger partial charge is 0.251 e. The molecule has 0 aliphatic heterocycles. The van der Waals surface area contributed by atoms with E-state index in [-0.39, 0.29) is 5.69 Å². The van der Waals surface area contributed by atoms with Gasteiger partial charge in [-0.3, -0.25) is 9.59 Å². The molecule has 2 rings (SSSR count). The monoisotopic (exact) mass is 394 g/mol. The number of halogens is 2. The molecule has 7 heteroatoms. The molecule has 0 aliphatic rings. The van der Waals surface area contributed by atoms with E-state index in [9.17, 15) is 14.0 Å². The summed E-state index contributed by atoms with van der Waals surface area (Å²) in [5, 5.41) is 5.00. The Morgan fingerprint density at radius 3 is 2.54 bits per heavy atom. The molecule has 0 fully saturated rings. The zero-order chi connectivity index (χ0) is 17.7. The van der Waals surface area contributed by atoms with Crippen LogP contribution in [0.4, 0.5) is 10.1 Å². The minimum Gasteiger partial charge on any atom is -0.496 e. The molecule has 0 aromatic heterocycles. The van der Waals surface area contributed by atoms with Gasteiger partial charge in [-0.2, -0.15) is 0 Å². The van der Waals surface area contributed by atoms with Crippen molar-refractivity contribution < 1.29 is 18.7 Å². The van der Waals surface area contributed by atoms with Crippen LogP contribution < -0.4 is 15.4 Å². The second-order valence-electron chi connectivity index (χ2n) is 5.01. The van der Waals surface area contributed by atoms with E-state index in [1.807, 2.05) is 0 Å². The van der Waals surface area contributed by atoms with Gasteiger partial charge < -0.3 is 15.4 Å². The summed E-state index contributed by atoms with van der Waals surface area (Å²) in [7, 11) is 1.52. The van der Waals surface area contributed by atoms with Crippen molar-refractivity contribution in [1.82, 2.24) is 5.32 Å². The number of carbonyl (C=O) groups is 2. The van der Waals surface area contributed by atoms with E-state index in [0.717, 1.165) is 0 Å². The number of carbonyl (C=O) groups excluding carboxylic acids is 2. The van der Waals surface area contributed by atoms with Crippen molar-refractivity contribution in [3.05, 3.63) is 58.3 Å². The molecule has 5 nitrogen and oxygen atoms in total. The maximum Gasteiger partial charge on any atom is 0.251 e. The van der Waals surface area contributed by atoms with E-state index in [1.54, 1.807) is 24.3 Å². The minimum absolute atomic E-state index is 0.0655. The maximum atomic E-state index is 13.5. The van der Waals surface area contributed by atoms with E-state index in [2.05, 4.69) is 26.6 Å². The molecular weight excluding hydrogens is 379 g/mol. The predicted molar refractivity (Wildman–Crippen MR) is 92.7 cm³/mol. The van der Waals surface area contributed by atoms with E-state index >= 15 is 0 Å². The number of ether oxygens (including phenoxy) is 1. The molecule has 0 heterocycles. The van der Waals surface area contributed by atoms with Gasteiger partial charge in [0.25, 0.3) is 5.91 Å². The van der Waals surface area contributed by atoms with E-state index in [0.29, 0.717) is 15.8 Å². The third-order valence-corrected chi connectivity index (χ3v) is 3.91. The van der Waals surface area contributed by atoms with Crippen molar-refractivity contribution in [2.45, 2.75) is 13.0 Å². The molecule has 126 valence electrons. The summed E-state index contributed by atoms with van der Waals surface area (Å²) in [6.45, 7) is 1.52. The van der Waals surface area contributed by atoms with Crippen molar-refractivity contribution in [3.8, 4) is 5.75 Å². The van der Waals surface area contributed by atoms with Crippen LogP contribution in [-0.2, 0) is 4.79 Å². The van der Waals surface area contributed by atoms with Crippen LogP contribution in [0.2, 0.25) is 0 Å². The van der Waals surface area contributed by atoms with E-state index in [1.165, 1.54) is 32.2 Å². The first-order chi connectivity index (χ1) is 11.4. The lowest BCUT2D eigenvalue weighted by Gasteiger charge is -2.15. The molecule has 0 spiro atoms. The highest BCUT2D eigenvalue weighted by Crippen LogP contribution is 2.25. The van der Waals surface area contributed by atoms with Gasteiger partial charge in [0.05, 0.1) is 17.3 Å². The summed E-state index contributed by atoms with van der Waals surface area (Å²) in [6, 6.07) is 9.81. The van der Waals surface area contributed by atoms with Crippen LogP contribution in [0.25, 0.3) is 0 Å². The van der Waals surface area contributed by atoms with Gasteiger partial charge in [0, 0.05) is 5.56 Å². The number of rotatable bonds is 5. The molecule has 2 amide bonds. The Hall–Kier alpha value is -2.41. The normalized spacial score (nSPS) is 11.5. The number of amides is 2. The Morgan fingerprint density at radius 1 is 1.21 bits per heavy atom. The number of hydrogen-bond donors (Lipinski definition) is 2. The lowest BCUT2D eigenvalue weighted by Crippen LogP contribution is -2.41. The Labute approximate surface area is 147 Å². The zero-order valence-electron chi connectivity index (χ0n) is 13.1. The van der Waals surface area contributed by atoms with Gasteiger partial charge in [-0.05, 0) is 53.2 Å². The third-order valence-electron chi connectivity index (χ3n) is 3.29. The first kappa shape index (κ1) is 17.9. The average Bonchev–Trinajstić information content (AvgIpc) is 2.56. The topological polar surface area (TPSA) is 67.4 Å². The van der Waals surface area contributed by atoms with E-state index in [4.69, 9.17) is 4.74 Å². The lowest BCUT2D eigenvalue weighted by atomic mass is 10.2. The van der Waals surface area contributed by atoms with Gasteiger partial charge in [-0.1, -0.05) is 12.1 Å². The number of benzene rings is 2. The second kappa shape index (κ2) is 7.92. The minimum atomic E-state index is -0.835. The highest BCUT2D eigenvalue weighted by atomic mass is 79.9. The standard InChI is InChI=1S/C17H16BrFN2O3/c1-10(16(22)21-14-6-4-3-5-13(14)19)20-17(23)11-7-8-15(24-2)12(18)9-11/h3-10H,1-2H3,(H,20,23)(H,21,22). The molecule has 1 atom stereocenters. The Morgan fingerprint density at radius 2 is 1.92 bits per heavy atom. The van der Waals surface area contributed by atoms with Crippen LogP contribution >= 0.6 is 15.9 Å². The molecule has 1 unspecified atom stereocenters. The lowest BCUT2D eigenvalue weighted by molar-refractivity contribution is -0.117. The number of anilines is 1. The Bertz CT molecular complexity index is 767. The molecule has 0 saturated carbocycles. The largest absolute Gasteiger partial charge is 0.496 e. The molecule has 2 aromatic rings. The summed E-state index contributed by atoms with van der Waals surface area (Å²) in [6.07, 6.45) is 0. The van der Waals surface area contributed by atoms with Gasteiger partial charge in [-0.15, -0.1) is 0 Å². The summed E-state index contributed by atoms with van der Waals surface area (Å²) in [4.78, 5) is 24.3. The van der Waals surface area contributed by atoms with Gasteiger partial charge in [0.1, 0.15) is 17.6 Å². The van der Waals surface area contributed by atoms with Crippen LogP contribution in [0.5, 0.6) is 5.75 Å². The maximum absolute atomic E-state index is 13.5. The predicted octanol–water partition coefficient (Wildman–Crippen LogP) is 3.35. The number of nitrogens with one attached hydrogen (secondary N) is 2. The molecule has 24 heavy (non-hydrogen) atoms. The highest BCUT2D eigenvalue weighted by molar-refractivity contribution is 9.10. The van der Waals surface area contributed by atoms with Crippen LogP contribution in [0, 0.1) is 5.82 Å². The van der Waals surface area contributed by atoms with Crippen molar-refractivity contribution in [1.29, 1.82) is 0 Å². The van der Waals surface area contributed by atoms with Gasteiger partial charge in [0.15, 0.2) is 0 Å². The van der Waals surface area contributed by atoms with Crippen LogP contribution in [0.15, 0.2) is 46.9 Å². The molecule has 0 bridgehead atoms. The van der Waals surface area contributed by atoms with Gasteiger partial charge >= 0.3 is 0 Å². The molecule has 0 aliphatic carbocycles. The first-order valence-corrected chi connectivity index (χ1v) is 7.91. The molecular formula is C17H16BrFN2O3. The highest BCUT2D eigenvalue weighted by Gasteiger charge is 2.18. The van der Waals surface area contributed by atoms with Crippen LogP contribution in [0.3, 0.4) is 0 Å². The van der Waals surface area contributed by atoms with Crippen molar-refractivity contribution in [2.24, 2.45) is 0 Å². The fraction of sp³-hybridized carbons (Fsp3) is 0.176. The fourth-order valence-electron chi connectivity index (χ4n) is 1.96. The van der Waals surface area contributed by atoms with Crippen LogP contribution in [0.1, 0.15) is 17.3 Å². The van der Waals surface area contributed by atoms with Crippen molar-refractivity contribution in [3.63, 3.8) is 0 Å². The number of para-hydroxylation sites is 1. The molecule has 2 N–H and O–H groups in total. The first-order valence-electron chi connectivity index (χ1n) is 7.12. The number of hydrogen-bond acceptors (Lipinski definition) is 3. The summed E-state index contributed by atoms with van der Waals surface area (Å²) < 4.78 is 19.3. The summed E-state index contributed by atoms with van der Waals surface area (Å²) in [5.41, 5.74) is 0.434. The van der Waals surface area contributed by atoms with Gasteiger partial charge in [0.2, 0.25) is 5.91 Å². The average molecular weight is 395 g/mol. The summed E-state index contributed by atoms with van der Waals surface area (Å²) in [5.74, 6) is -0.879. The van der Waals surface area contributed by atoms with E-state index < -0.39 is 23.7 Å². The molecule has 0 radical (unpaired) electrons. The second-order valence-corrected chi connectivity index (χ2v) is 5.87. The van der Waals surface area contributed by atoms with Crippen molar-refractivity contribution in [2.75, 3.05) is 12.4 Å². The zero-order valence-corrected chi connectivity index (χ0v) is 14.7.